The molecule has 10 heteroatoms. The summed E-state index contributed by atoms with van der Waals surface area (Å²) in [5.74, 6) is 0.726. The highest BCUT2D eigenvalue weighted by Crippen LogP contribution is 2.28. The smallest absolute Gasteiger partial charge is 0.412 e. The molecule has 0 unspecified atom stereocenters. The third-order valence-electron chi connectivity index (χ3n) is 4.19. The summed E-state index contributed by atoms with van der Waals surface area (Å²) in [6.07, 6.45) is 1.17. The molecule has 0 fully saturated rings. The predicted molar refractivity (Wildman–Crippen MR) is 126 cm³/mol. The molecule has 0 aliphatic heterocycles. The van der Waals surface area contributed by atoms with Crippen molar-refractivity contribution in [2.75, 3.05) is 30.6 Å². The van der Waals surface area contributed by atoms with Gasteiger partial charge < -0.3 is 19.5 Å². The van der Waals surface area contributed by atoms with Crippen molar-refractivity contribution in [1.29, 1.82) is 0 Å². The van der Waals surface area contributed by atoms with E-state index in [-0.39, 0.29) is 17.2 Å². The molecule has 0 aliphatic rings. The summed E-state index contributed by atoms with van der Waals surface area (Å²) >= 11 is 0. The van der Waals surface area contributed by atoms with Crippen LogP contribution in [0.4, 0.5) is 16.2 Å². The Balaban J connectivity index is 1.86. The Morgan fingerprint density at radius 2 is 1.67 bits per heavy atom. The highest BCUT2D eigenvalue weighted by molar-refractivity contribution is 7.90. The van der Waals surface area contributed by atoms with Gasteiger partial charge >= 0.3 is 6.09 Å². The number of benzene rings is 2. The lowest BCUT2D eigenvalue weighted by Gasteiger charge is -2.20. The lowest BCUT2D eigenvalue weighted by Crippen LogP contribution is -2.27. The maximum atomic E-state index is 12.3. The zero-order chi connectivity index (χ0) is 24.6. The second kappa shape index (κ2) is 11.0. The lowest BCUT2D eigenvalue weighted by atomic mass is 10.2. The van der Waals surface area contributed by atoms with E-state index >= 15 is 0 Å². The van der Waals surface area contributed by atoms with Gasteiger partial charge in [-0.05, 0) is 69.7 Å². The number of hydrogen-bond donors (Lipinski definition) is 2. The largest absolute Gasteiger partial charge is 0.495 e. The molecule has 9 nitrogen and oxygen atoms in total. The highest BCUT2D eigenvalue weighted by Gasteiger charge is 2.18. The first-order valence-corrected chi connectivity index (χ1v) is 12.2. The Morgan fingerprint density at radius 3 is 2.24 bits per heavy atom. The number of amides is 2. The Labute approximate surface area is 194 Å². The van der Waals surface area contributed by atoms with Crippen molar-refractivity contribution < 1.29 is 32.2 Å². The fourth-order valence-corrected chi connectivity index (χ4v) is 3.36. The number of nitrogens with one attached hydrogen (secondary N) is 2. The Hall–Kier alpha value is -3.27. The quantitative estimate of drug-likeness (QED) is 0.517. The van der Waals surface area contributed by atoms with Gasteiger partial charge in [0.2, 0.25) is 5.91 Å². The standard InChI is InChI=1S/C23H30N2O7S/c1-23(2,3)32-22(27)25-19-15-16(8-13-20(19)30-4)24-21(26)7-6-14-31-17-9-11-18(12-10-17)33(5,28)29/h8-13,15H,6-7,14H2,1-5H3,(H,24,26)(H,25,27). The normalized spacial score (nSPS) is 11.4. The minimum atomic E-state index is -3.25. The molecule has 0 heterocycles. The van der Waals surface area contributed by atoms with Gasteiger partial charge in [-0.15, -0.1) is 0 Å². The van der Waals surface area contributed by atoms with Crippen LogP contribution in [0.5, 0.6) is 11.5 Å². The number of ether oxygens (including phenoxy) is 3. The zero-order valence-electron chi connectivity index (χ0n) is 19.4. The molecule has 0 saturated heterocycles. The molecule has 33 heavy (non-hydrogen) atoms. The van der Waals surface area contributed by atoms with Crippen LogP contribution in [0.2, 0.25) is 0 Å². The van der Waals surface area contributed by atoms with Gasteiger partial charge in [0.1, 0.15) is 17.1 Å². The van der Waals surface area contributed by atoms with E-state index in [9.17, 15) is 18.0 Å². The Morgan fingerprint density at radius 1 is 1.00 bits per heavy atom. The van der Waals surface area contributed by atoms with Gasteiger partial charge in [0.05, 0.1) is 24.3 Å². The highest BCUT2D eigenvalue weighted by atomic mass is 32.2. The van der Waals surface area contributed by atoms with E-state index in [4.69, 9.17) is 14.2 Å². The predicted octanol–water partition coefficient (Wildman–Crippen LogP) is 4.24. The number of rotatable bonds is 9. The van der Waals surface area contributed by atoms with Gasteiger partial charge in [-0.3, -0.25) is 10.1 Å². The molecule has 0 radical (unpaired) electrons. The van der Waals surface area contributed by atoms with E-state index in [0.29, 0.717) is 35.9 Å². The van der Waals surface area contributed by atoms with Gasteiger partial charge in [0.25, 0.3) is 0 Å². The molecule has 2 aromatic rings. The summed E-state index contributed by atoms with van der Waals surface area (Å²) in [6.45, 7) is 5.57. The summed E-state index contributed by atoms with van der Waals surface area (Å²) < 4.78 is 39.0. The average molecular weight is 479 g/mol. The van der Waals surface area contributed by atoms with Gasteiger partial charge in [-0.25, -0.2) is 13.2 Å². The molecular formula is C23H30N2O7S. The Bertz CT molecular complexity index is 1070. The molecule has 0 bridgehead atoms. The monoisotopic (exact) mass is 478 g/mol. The fourth-order valence-electron chi connectivity index (χ4n) is 2.73. The van der Waals surface area contributed by atoms with Crippen LogP contribution in [0.3, 0.4) is 0 Å². The van der Waals surface area contributed by atoms with E-state index in [0.717, 1.165) is 6.26 Å². The first-order valence-electron chi connectivity index (χ1n) is 10.3. The van der Waals surface area contributed by atoms with Gasteiger partial charge in [0, 0.05) is 18.4 Å². The third kappa shape index (κ3) is 9.01. The SMILES string of the molecule is COc1ccc(NC(=O)CCCOc2ccc(S(C)(=O)=O)cc2)cc1NC(=O)OC(C)(C)C. The number of anilines is 2. The van der Waals surface area contributed by atoms with Crippen LogP contribution in [0, 0.1) is 0 Å². The molecule has 0 atom stereocenters. The van der Waals surface area contributed by atoms with Gasteiger partial charge in [0.15, 0.2) is 9.84 Å². The molecule has 2 rings (SSSR count). The van der Waals surface area contributed by atoms with Crippen molar-refractivity contribution >= 4 is 33.2 Å². The molecule has 0 saturated carbocycles. The van der Waals surface area contributed by atoms with Crippen molar-refractivity contribution in [2.45, 2.75) is 44.1 Å². The van der Waals surface area contributed by atoms with E-state index in [1.807, 2.05) is 0 Å². The van der Waals surface area contributed by atoms with E-state index < -0.39 is 21.5 Å². The second-order valence-electron chi connectivity index (χ2n) is 8.29. The third-order valence-corrected chi connectivity index (χ3v) is 5.32. The van der Waals surface area contributed by atoms with Crippen molar-refractivity contribution in [3.63, 3.8) is 0 Å². The van der Waals surface area contributed by atoms with Gasteiger partial charge in [-0.2, -0.15) is 0 Å². The zero-order valence-corrected chi connectivity index (χ0v) is 20.2. The maximum Gasteiger partial charge on any atom is 0.412 e. The molecule has 2 aromatic carbocycles. The molecule has 2 amide bonds. The number of carbonyl (C=O) groups is 2. The minimum absolute atomic E-state index is 0.211. The number of methoxy groups -OCH3 is 1. The molecule has 0 aliphatic carbocycles. The van der Waals surface area contributed by atoms with Crippen molar-refractivity contribution in [3.05, 3.63) is 42.5 Å². The van der Waals surface area contributed by atoms with Crippen LogP contribution < -0.4 is 20.1 Å². The number of carbonyl (C=O) groups excluding carboxylic acids is 2. The van der Waals surface area contributed by atoms with Crippen LogP contribution in [0.15, 0.2) is 47.4 Å². The van der Waals surface area contributed by atoms with Crippen molar-refractivity contribution in [1.82, 2.24) is 0 Å². The second-order valence-corrected chi connectivity index (χ2v) is 10.3. The van der Waals surface area contributed by atoms with E-state index in [2.05, 4.69) is 10.6 Å². The van der Waals surface area contributed by atoms with Gasteiger partial charge in [-0.1, -0.05) is 0 Å². The molecule has 2 N–H and O–H groups in total. The Kier molecular flexibility index (Phi) is 8.69. The molecular weight excluding hydrogens is 448 g/mol. The number of hydrogen-bond acceptors (Lipinski definition) is 7. The fraction of sp³-hybridized carbons (Fsp3) is 0.391. The van der Waals surface area contributed by atoms with Crippen molar-refractivity contribution in [2.24, 2.45) is 0 Å². The summed E-state index contributed by atoms with van der Waals surface area (Å²) in [6, 6.07) is 11.0. The first kappa shape index (κ1) is 26.0. The summed E-state index contributed by atoms with van der Waals surface area (Å²) in [4.78, 5) is 24.6. The minimum Gasteiger partial charge on any atom is -0.495 e. The maximum absolute atomic E-state index is 12.3. The molecule has 0 spiro atoms. The van der Waals surface area contributed by atoms with Crippen LogP contribution >= 0.6 is 0 Å². The topological polar surface area (TPSA) is 120 Å². The first-order chi connectivity index (χ1) is 15.4. The van der Waals surface area contributed by atoms with E-state index in [1.54, 1.807) is 51.1 Å². The molecule has 0 aromatic heterocycles. The summed E-state index contributed by atoms with van der Waals surface area (Å²) in [5.41, 5.74) is 0.204. The van der Waals surface area contributed by atoms with E-state index in [1.165, 1.54) is 19.2 Å². The van der Waals surface area contributed by atoms with Crippen LogP contribution in [0.25, 0.3) is 0 Å². The molecule has 180 valence electrons. The summed E-state index contributed by atoms with van der Waals surface area (Å²) in [5, 5.41) is 5.39. The number of sulfone groups is 1. The lowest BCUT2D eigenvalue weighted by molar-refractivity contribution is -0.116. The summed E-state index contributed by atoms with van der Waals surface area (Å²) in [7, 11) is -1.78. The van der Waals surface area contributed by atoms with Crippen LogP contribution in [-0.2, 0) is 19.4 Å². The van der Waals surface area contributed by atoms with Crippen LogP contribution in [-0.4, -0.2) is 46.0 Å². The average Bonchev–Trinajstić information content (AvgIpc) is 2.70. The van der Waals surface area contributed by atoms with Crippen LogP contribution in [0.1, 0.15) is 33.6 Å². The van der Waals surface area contributed by atoms with Crippen molar-refractivity contribution in [3.8, 4) is 11.5 Å².